The molecule has 1 aromatic rings. The Morgan fingerprint density at radius 2 is 1.80 bits per heavy atom. The highest BCUT2D eigenvalue weighted by Crippen LogP contribution is 2.40. The number of nitrogen functional groups attached to an aromatic ring is 1. The Morgan fingerprint density at radius 3 is 2.25 bits per heavy atom. The normalized spacial score (nSPS) is 24.2. The van der Waals surface area contributed by atoms with Crippen LogP contribution in [-0.4, -0.2) is 28.7 Å². The van der Waals surface area contributed by atoms with Gasteiger partial charge in [-0.15, -0.1) is 0 Å². The van der Waals surface area contributed by atoms with Crippen molar-refractivity contribution in [3.8, 4) is 0 Å². The van der Waals surface area contributed by atoms with Gasteiger partial charge in [0.05, 0.1) is 11.2 Å². The van der Waals surface area contributed by atoms with Gasteiger partial charge in [0.2, 0.25) is 0 Å². The molecule has 0 amide bonds. The number of nitrogens with zero attached hydrogens (tertiary/aromatic N) is 1. The average molecular weight is 276 g/mol. The largest absolute Gasteiger partial charge is 0.399 e. The number of rotatable bonds is 4. The van der Waals surface area contributed by atoms with Crippen LogP contribution in [0.2, 0.25) is 0 Å². The van der Waals surface area contributed by atoms with E-state index in [9.17, 15) is 0 Å². The van der Waals surface area contributed by atoms with E-state index in [-0.39, 0.29) is 11.2 Å². The number of hydrogen-bond donors (Lipinski definition) is 1. The van der Waals surface area contributed by atoms with Gasteiger partial charge in [0, 0.05) is 18.3 Å². The predicted octanol–water partition coefficient (Wildman–Crippen LogP) is 3.44. The average Bonchev–Trinajstić information content (AvgIpc) is 2.56. The fourth-order valence-electron chi connectivity index (χ4n) is 3.40. The SMILES string of the molecule is CCN(Cc1ccc(N)cc1)C1CC(C)(C)OC1(C)C. The molecule has 3 heteroatoms. The molecule has 1 heterocycles. The zero-order valence-corrected chi connectivity index (χ0v) is 13.4. The summed E-state index contributed by atoms with van der Waals surface area (Å²) >= 11 is 0. The molecule has 3 nitrogen and oxygen atoms in total. The summed E-state index contributed by atoms with van der Waals surface area (Å²) in [5.74, 6) is 0. The van der Waals surface area contributed by atoms with Crippen LogP contribution in [0.25, 0.3) is 0 Å². The second kappa shape index (κ2) is 5.38. The molecule has 0 spiro atoms. The molecule has 1 atom stereocenters. The number of benzene rings is 1. The molecule has 1 aromatic carbocycles. The van der Waals surface area contributed by atoms with Crippen LogP contribution in [0.3, 0.4) is 0 Å². The van der Waals surface area contributed by atoms with Crippen LogP contribution < -0.4 is 5.73 Å². The van der Waals surface area contributed by atoms with Gasteiger partial charge in [0.1, 0.15) is 0 Å². The van der Waals surface area contributed by atoms with Crippen LogP contribution in [0.4, 0.5) is 5.69 Å². The summed E-state index contributed by atoms with van der Waals surface area (Å²) in [6.45, 7) is 13.0. The maximum atomic E-state index is 6.23. The smallest absolute Gasteiger partial charge is 0.0789 e. The summed E-state index contributed by atoms with van der Waals surface area (Å²) in [4.78, 5) is 2.51. The number of hydrogen-bond acceptors (Lipinski definition) is 3. The van der Waals surface area contributed by atoms with Crippen LogP contribution >= 0.6 is 0 Å². The Hall–Kier alpha value is -1.06. The van der Waals surface area contributed by atoms with Crippen molar-refractivity contribution in [3.63, 3.8) is 0 Å². The molecule has 1 aliphatic heterocycles. The highest BCUT2D eigenvalue weighted by Gasteiger charge is 2.47. The molecule has 2 rings (SSSR count). The third-order valence-corrected chi connectivity index (χ3v) is 4.24. The van der Waals surface area contributed by atoms with Gasteiger partial charge < -0.3 is 10.5 Å². The van der Waals surface area contributed by atoms with Crippen LogP contribution in [0.5, 0.6) is 0 Å². The molecule has 1 unspecified atom stereocenters. The first-order valence-corrected chi connectivity index (χ1v) is 7.52. The molecule has 0 bridgehead atoms. The van der Waals surface area contributed by atoms with Crippen molar-refractivity contribution in [3.05, 3.63) is 29.8 Å². The molecule has 0 aromatic heterocycles. The zero-order chi connectivity index (χ0) is 15.0. The van der Waals surface area contributed by atoms with Gasteiger partial charge >= 0.3 is 0 Å². The number of likely N-dealkylation sites (N-methyl/N-ethyl adjacent to an activating group) is 1. The van der Waals surface area contributed by atoms with Crippen molar-refractivity contribution in [2.24, 2.45) is 0 Å². The maximum Gasteiger partial charge on any atom is 0.0789 e. The van der Waals surface area contributed by atoms with E-state index in [0.29, 0.717) is 6.04 Å². The second-order valence-electron chi connectivity index (χ2n) is 6.99. The van der Waals surface area contributed by atoms with Crippen molar-refractivity contribution >= 4 is 5.69 Å². The van der Waals surface area contributed by atoms with Crippen LogP contribution in [-0.2, 0) is 11.3 Å². The van der Waals surface area contributed by atoms with Gasteiger partial charge in [0.25, 0.3) is 0 Å². The lowest BCUT2D eigenvalue weighted by molar-refractivity contribution is -0.0809. The first-order chi connectivity index (χ1) is 9.23. The molecule has 0 saturated carbocycles. The summed E-state index contributed by atoms with van der Waals surface area (Å²) in [5.41, 5.74) is 7.74. The van der Waals surface area contributed by atoms with E-state index in [0.717, 1.165) is 25.2 Å². The van der Waals surface area contributed by atoms with E-state index in [1.54, 1.807) is 0 Å². The zero-order valence-electron chi connectivity index (χ0n) is 13.4. The molecule has 20 heavy (non-hydrogen) atoms. The molecular weight excluding hydrogens is 248 g/mol. The Labute approximate surface area is 123 Å². The van der Waals surface area contributed by atoms with E-state index in [1.165, 1.54) is 5.56 Å². The van der Waals surface area contributed by atoms with Gasteiger partial charge in [-0.2, -0.15) is 0 Å². The Morgan fingerprint density at radius 1 is 1.20 bits per heavy atom. The van der Waals surface area contributed by atoms with E-state index in [4.69, 9.17) is 10.5 Å². The van der Waals surface area contributed by atoms with Crippen LogP contribution in [0.1, 0.15) is 46.6 Å². The monoisotopic (exact) mass is 276 g/mol. The van der Waals surface area contributed by atoms with E-state index < -0.39 is 0 Å². The molecule has 2 N–H and O–H groups in total. The van der Waals surface area contributed by atoms with Crippen molar-refractivity contribution < 1.29 is 4.74 Å². The second-order valence-corrected chi connectivity index (χ2v) is 6.99. The lowest BCUT2D eigenvalue weighted by Crippen LogP contribution is -2.46. The Bertz CT molecular complexity index is 451. The molecule has 0 aliphatic carbocycles. The fraction of sp³-hybridized carbons (Fsp3) is 0.647. The van der Waals surface area contributed by atoms with E-state index in [1.807, 2.05) is 12.1 Å². The lowest BCUT2D eigenvalue weighted by atomic mass is 9.92. The van der Waals surface area contributed by atoms with E-state index >= 15 is 0 Å². The van der Waals surface area contributed by atoms with Crippen LogP contribution in [0, 0.1) is 0 Å². The molecule has 1 saturated heterocycles. The maximum absolute atomic E-state index is 6.23. The molecular formula is C17H28N2O. The number of anilines is 1. The molecule has 112 valence electrons. The molecule has 0 radical (unpaired) electrons. The summed E-state index contributed by atoms with van der Waals surface area (Å²) in [5, 5.41) is 0. The third kappa shape index (κ3) is 3.33. The van der Waals surface area contributed by atoms with Gasteiger partial charge in [-0.3, -0.25) is 4.90 Å². The summed E-state index contributed by atoms with van der Waals surface area (Å²) in [6.07, 6.45) is 1.07. The van der Waals surface area contributed by atoms with Gasteiger partial charge in [0.15, 0.2) is 0 Å². The third-order valence-electron chi connectivity index (χ3n) is 4.24. The highest BCUT2D eigenvalue weighted by atomic mass is 16.5. The Balaban J connectivity index is 2.14. The lowest BCUT2D eigenvalue weighted by Gasteiger charge is -2.35. The Kier molecular flexibility index (Phi) is 4.12. The predicted molar refractivity (Wildman–Crippen MR) is 84.6 cm³/mol. The first-order valence-electron chi connectivity index (χ1n) is 7.52. The van der Waals surface area contributed by atoms with Crippen LogP contribution in [0.15, 0.2) is 24.3 Å². The first kappa shape index (κ1) is 15.3. The summed E-state index contributed by atoms with van der Waals surface area (Å²) in [7, 11) is 0. The molecule has 1 aliphatic rings. The van der Waals surface area contributed by atoms with E-state index in [2.05, 4.69) is 51.7 Å². The minimum atomic E-state index is -0.104. The van der Waals surface area contributed by atoms with Crippen molar-refractivity contribution in [2.45, 2.75) is 64.8 Å². The van der Waals surface area contributed by atoms with Gasteiger partial charge in [-0.05, 0) is 58.4 Å². The van der Waals surface area contributed by atoms with Gasteiger partial charge in [-0.25, -0.2) is 0 Å². The minimum Gasteiger partial charge on any atom is -0.399 e. The van der Waals surface area contributed by atoms with Crippen molar-refractivity contribution in [1.29, 1.82) is 0 Å². The number of nitrogens with two attached hydrogens (primary N) is 1. The standard InChI is InChI=1S/C17H28N2O/c1-6-19(12-13-7-9-14(18)10-8-13)15-11-16(2,3)20-17(15,4)5/h7-10,15H,6,11-12,18H2,1-5H3. The summed E-state index contributed by atoms with van der Waals surface area (Å²) < 4.78 is 6.23. The minimum absolute atomic E-state index is 0.0390. The van der Waals surface area contributed by atoms with Crippen molar-refractivity contribution in [2.75, 3.05) is 12.3 Å². The van der Waals surface area contributed by atoms with Gasteiger partial charge in [-0.1, -0.05) is 19.1 Å². The fourth-order valence-corrected chi connectivity index (χ4v) is 3.40. The topological polar surface area (TPSA) is 38.5 Å². The quantitative estimate of drug-likeness (QED) is 0.856. The number of ether oxygens (including phenoxy) is 1. The highest BCUT2D eigenvalue weighted by molar-refractivity contribution is 5.39. The summed E-state index contributed by atoms with van der Waals surface area (Å²) in [6, 6.07) is 8.63. The molecule has 1 fully saturated rings. The van der Waals surface area contributed by atoms with Crippen molar-refractivity contribution in [1.82, 2.24) is 4.90 Å².